The van der Waals surface area contributed by atoms with Crippen LogP contribution in [0.2, 0.25) is 5.02 Å². The summed E-state index contributed by atoms with van der Waals surface area (Å²) in [5.74, 6) is -0.249. The van der Waals surface area contributed by atoms with Crippen molar-refractivity contribution in [2.45, 2.75) is 29.4 Å². The van der Waals surface area contributed by atoms with E-state index in [-0.39, 0.29) is 12.5 Å². The molecule has 188 valence electrons. The van der Waals surface area contributed by atoms with Crippen LogP contribution in [-0.2, 0) is 32.9 Å². The minimum Gasteiger partial charge on any atom is -0.593 e. The van der Waals surface area contributed by atoms with E-state index in [1.165, 1.54) is 0 Å². The number of nitrogens with one attached hydrogen (secondary N) is 2. The molecule has 0 aromatic heterocycles. The van der Waals surface area contributed by atoms with Crippen LogP contribution in [0.15, 0.2) is 77.7 Å². The first-order chi connectivity index (χ1) is 17.9. The molecule has 0 aliphatic carbocycles. The first kappa shape index (κ1) is 25.1. The van der Waals surface area contributed by atoms with E-state index in [9.17, 15) is 14.1 Å². The quantitative estimate of drug-likeness (QED) is 0.459. The molecular weight excluding hydrogens is 512 g/mol. The third-order valence-corrected chi connectivity index (χ3v) is 8.00. The highest BCUT2D eigenvalue weighted by Gasteiger charge is 2.49. The van der Waals surface area contributed by atoms with Crippen LogP contribution in [0.3, 0.4) is 0 Å². The third-order valence-electron chi connectivity index (χ3n) is 6.57. The van der Waals surface area contributed by atoms with Gasteiger partial charge in [-0.3, -0.25) is 10.1 Å². The third kappa shape index (κ3) is 5.29. The molecule has 2 heterocycles. The van der Waals surface area contributed by atoms with Crippen LogP contribution in [0.4, 0.5) is 10.5 Å². The van der Waals surface area contributed by atoms with E-state index in [0.717, 1.165) is 11.1 Å². The van der Waals surface area contributed by atoms with Gasteiger partial charge in [0.05, 0.1) is 35.2 Å². The number of hydrogen-bond donors (Lipinski definition) is 2. The van der Waals surface area contributed by atoms with Crippen molar-refractivity contribution in [1.29, 1.82) is 5.26 Å². The summed E-state index contributed by atoms with van der Waals surface area (Å²) in [4.78, 5) is 28.2. The van der Waals surface area contributed by atoms with Crippen LogP contribution in [0.25, 0.3) is 0 Å². The lowest BCUT2D eigenvalue weighted by atomic mass is 9.90. The second kappa shape index (κ2) is 10.4. The van der Waals surface area contributed by atoms with Crippen LogP contribution < -0.4 is 10.0 Å². The van der Waals surface area contributed by atoms with Gasteiger partial charge >= 0.3 is 6.09 Å². The number of carbonyl (C=O) groups excluding carboxylic acids is 2. The average Bonchev–Trinajstić information content (AvgIpc) is 3.33. The number of rotatable bonds is 6. The molecule has 5 rings (SSSR count). The first-order valence-corrected chi connectivity index (χ1v) is 13.2. The minimum atomic E-state index is -1.70. The number of hydrogen-bond acceptors (Lipinski definition) is 6. The van der Waals surface area contributed by atoms with Gasteiger partial charge in [0.25, 0.3) is 0 Å². The van der Waals surface area contributed by atoms with Gasteiger partial charge in [-0.05, 0) is 48.0 Å². The maximum atomic E-state index is 13.8. The van der Waals surface area contributed by atoms with E-state index in [0.29, 0.717) is 40.6 Å². The first-order valence-electron chi connectivity index (χ1n) is 11.7. The van der Waals surface area contributed by atoms with E-state index in [1.54, 1.807) is 47.4 Å². The molecule has 1 saturated heterocycles. The Kier molecular flexibility index (Phi) is 7.09. The Labute approximate surface area is 222 Å². The highest BCUT2D eigenvalue weighted by molar-refractivity contribution is 7.89. The van der Waals surface area contributed by atoms with E-state index in [4.69, 9.17) is 21.6 Å². The number of benzene rings is 3. The summed E-state index contributed by atoms with van der Waals surface area (Å²) in [7, 11) is 0. The van der Waals surface area contributed by atoms with Gasteiger partial charge < -0.3 is 14.2 Å². The zero-order chi connectivity index (χ0) is 26.0. The van der Waals surface area contributed by atoms with Gasteiger partial charge in [0.15, 0.2) is 10.5 Å². The highest BCUT2D eigenvalue weighted by atomic mass is 35.5. The van der Waals surface area contributed by atoms with Crippen molar-refractivity contribution in [2.75, 3.05) is 18.4 Å². The number of likely N-dealkylation sites (tertiary alicyclic amines) is 1. The van der Waals surface area contributed by atoms with Crippen LogP contribution in [-0.4, -0.2) is 40.6 Å². The molecule has 1 fully saturated rings. The van der Waals surface area contributed by atoms with Crippen molar-refractivity contribution in [2.24, 2.45) is 0 Å². The number of ether oxygens (including phenoxy) is 1. The van der Waals surface area contributed by atoms with Gasteiger partial charge in [-0.1, -0.05) is 41.9 Å². The van der Waals surface area contributed by atoms with Crippen LogP contribution in [0.1, 0.15) is 23.1 Å². The van der Waals surface area contributed by atoms with E-state index in [2.05, 4.69) is 10.0 Å². The van der Waals surface area contributed by atoms with Crippen LogP contribution >= 0.6 is 11.6 Å². The second-order valence-corrected chi connectivity index (χ2v) is 10.7. The van der Waals surface area contributed by atoms with Crippen molar-refractivity contribution in [1.82, 2.24) is 9.62 Å². The largest absolute Gasteiger partial charge is 0.593 e. The molecule has 8 nitrogen and oxygen atoms in total. The van der Waals surface area contributed by atoms with Gasteiger partial charge in [0.2, 0.25) is 5.91 Å². The summed E-state index contributed by atoms with van der Waals surface area (Å²) in [6.45, 7) is 0.512. The van der Waals surface area contributed by atoms with Crippen molar-refractivity contribution in [3.63, 3.8) is 0 Å². The number of carbonyl (C=O) groups is 2. The van der Waals surface area contributed by atoms with Gasteiger partial charge in [-0.15, -0.1) is 4.72 Å². The molecule has 0 saturated carbocycles. The number of nitrogens with zero attached hydrogens (tertiary/aromatic N) is 2. The second-order valence-electron chi connectivity index (χ2n) is 8.97. The maximum Gasteiger partial charge on any atom is 0.412 e. The fourth-order valence-electron chi connectivity index (χ4n) is 4.74. The highest BCUT2D eigenvalue weighted by Crippen LogP contribution is 2.43. The zero-order valence-corrected chi connectivity index (χ0v) is 21.2. The van der Waals surface area contributed by atoms with Crippen LogP contribution in [0.5, 0.6) is 0 Å². The monoisotopic (exact) mass is 534 g/mol. The standard InChI is InChI=1S/C27H23ClN4O4S/c28-20-8-11-23-22(15-20)27(36-26(34)30-23)12-13-32(17-27)25(33)24(14-18-4-2-1-3-5-18)31-37(35)21-9-6-19(16-29)7-10-21/h1-11,15,24,31H,12-14,17H2,(H,30,34)/t24-,27?,37?/m0/s1. The summed E-state index contributed by atoms with van der Waals surface area (Å²) >= 11 is 4.54. The molecule has 3 aromatic rings. The number of nitriles is 1. The average molecular weight is 535 g/mol. The lowest BCUT2D eigenvalue weighted by molar-refractivity contribution is -0.133. The molecule has 0 bridgehead atoms. The summed E-state index contributed by atoms with van der Waals surface area (Å²) in [6.07, 6.45) is 0.149. The van der Waals surface area contributed by atoms with Crippen molar-refractivity contribution >= 4 is 40.7 Å². The van der Waals surface area contributed by atoms with Crippen LogP contribution in [0, 0.1) is 11.3 Å². The fourth-order valence-corrected chi connectivity index (χ4v) is 5.88. The molecular formula is C27H23ClN4O4S. The lowest BCUT2D eigenvalue weighted by Gasteiger charge is -2.35. The fraction of sp³-hybridized carbons (Fsp3) is 0.222. The predicted molar refractivity (Wildman–Crippen MR) is 139 cm³/mol. The van der Waals surface area contributed by atoms with Gasteiger partial charge in [0, 0.05) is 30.0 Å². The van der Waals surface area contributed by atoms with E-state index in [1.807, 2.05) is 36.4 Å². The van der Waals surface area contributed by atoms with E-state index >= 15 is 0 Å². The molecule has 37 heavy (non-hydrogen) atoms. The SMILES string of the molecule is N#Cc1ccc([S+]([O-])N[C@@H](Cc2ccccc2)C(=O)N2CCC3(C2)OC(=O)Nc2ccc(Cl)cc23)cc1. The lowest BCUT2D eigenvalue weighted by Crippen LogP contribution is -2.50. The smallest absolute Gasteiger partial charge is 0.412 e. The Morgan fingerprint density at radius 3 is 2.70 bits per heavy atom. The van der Waals surface area contributed by atoms with Gasteiger partial charge in [-0.2, -0.15) is 5.26 Å². The zero-order valence-electron chi connectivity index (χ0n) is 19.6. The number of anilines is 1. The molecule has 2 aliphatic rings. The summed E-state index contributed by atoms with van der Waals surface area (Å²) in [5.41, 5.74) is 1.68. The Balaban J connectivity index is 1.39. The van der Waals surface area contributed by atoms with Crippen molar-refractivity contribution in [3.8, 4) is 6.07 Å². The topological polar surface area (TPSA) is 118 Å². The number of halogens is 1. The maximum absolute atomic E-state index is 13.8. The van der Waals surface area contributed by atoms with Crippen molar-refractivity contribution in [3.05, 3.63) is 94.5 Å². The molecule has 2 unspecified atom stereocenters. The summed E-state index contributed by atoms with van der Waals surface area (Å²) < 4.78 is 21.9. The van der Waals surface area contributed by atoms with Crippen molar-refractivity contribution < 1.29 is 18.9 Å². The molecule has 3 atom stereocenters. The Morgan fingerprint density at radius 2 is 1.97 bits per heavy atom. The normalized spacial score (nSPS) is 19.9. The Bertz CT molecular complexity index is 1370. The molecule has 1 spiro atoms. The number of fused-ring (bicyclic) bond motifs is 2. The molecule has 3 aromatic carbocycles. The molecule has 2 aliphatic heterocycles. The van der Waals surface area contributed by atoms with E-state index < -0.39 is 29.1 Å². The molecule has 0 radical (unpaired) electrons. The summed E-state index contributed by atoms with van der Waals surface area (Å²) in [5, 5.41) is 12.2. The predicted octanol–water partition coefficient (Wildman–Crippen LogP) is 4.13. The Hall–Kier alpha value is -3.55. The van der Waals surface area contributed by atoms with Gasteiger partial charge in [-0.25, -0.2) is 4.79 Å². The number of amides is 2. The summed E-state index contributed by atoms with van der Waals surface area (Å²) in [6, 6.07) is 22.3. The molecule has 2 amide bonds. The Morgan fingerprint density at radius 1 is 1.22 bits per heavy atom. The molecule has 10 heteroatoms. The minimum absolute atomic E-state index is 0.156. The molecule has 2 N–H and O–H groups in total. The van der Waals surface area contributed by atoms with Gasteiger partial charge in [0.1, 0.15) is 6.04 Å².